The van der Waals surface area contributed by atoms with Gasteiger partial charge in [0.25, 0.3) is 5.91 Å². The van der Waals surface area contributed by atoms with Crippen LogP contribution in [0.2, 0.25) is 0 Å². The number of benzene rings is 2. The molecule has 2 heterocycles. The third-order valence-electron chi connectivity index (χ3n) is 8.36. The van der Waals surface area contributed by atoms with Crippen molar-refractivity contribution in [2.45, 2.75) is 57.0 Å². The van der Waals surface area contributed by atoms with Gasteiger partial charge in [0.15, 0.2) is 6.73 Å². The van der Waals surface area contributed by atoms with Gasteiger partial charge in [-0.15, -0.1) is 0 Å². The second kappa shape index (κ2) is 10.9. The van der Waals surface area contributed by atoms with Crippen LogP contribution in [-0.4, -0.2) is 58.8 Å². The maximum absolute atomic E-state index is 14.1. The van der Waals surface area contributed by atoms with Crippen molar-refractivity contribution in [2.75, 3.05) is 19.8 Å². The maximum atomic E-state index is 14.1. The minimum absolute atomic E-state index is 0.0517. The SMILES string of the molecule is CC1CN([C@H]2CC(C(=O)N3COc4ccc(C(F)(F)F)cc4C3)=C(C(F)(F)F)C2)CCC1c1ccc(F)c(C(=O)O)c1. The number of piperidine rings is 1. The Morgan fingerprint density at radius 2 is 1.74 bits per heavy atom. The van der Waals surface area contributed by atoms with Crippen LogP contribution in [0.4, 0.5) is 30.7 Å². The molecule has 1 N–H and O–H groups in total. The highest BCUT2D eigenvalue weighted by Gasteiger charge is 2.47. The summed E-state index contributed by atoms with van der Waals surface area (Å²) in [6.07, 6.45) is -9.51. The maximum Gasteiger partial charge on any atom is 0.416 e. The van der Waals surface area contributed by atoms with Crippen molar-refractivity contribution in [2.24, 2.45) is 5.92 Å². The van der Waals surface area contributed by atoms with Gasteiger partial charge in [0.1, 0.15) is 11.6 Å². The minimum Gasteiger partial charge on any atom is -0.478 e. The molecule has 1 fully saturated rings. The summed E-state index contributed by atoms with van der Waals surface area (Å²) in [6.45, 7) is 1.93. The van der Waals surface area contributed by atoms with Crippen molar-refractivity contribution in [3.8, 4) is 5.75 Å². The van der Waals surface area contributed by atoms with Gasteiger partial charge < -0.3 is 14.7 Å². The molecule has 3 aliphatic rings. The summed E-state index contributed by atoms with van der Waals surface area (Å²) < 4.78 is 101. The largest absolute Gasteiger partial charge is 0.478 e. The lowest BCUT2D eigenvalue weighted by Gasteiger charge is -2.40. The van der Waals surface area contributed by atoms with Gasteiger partial charge in [0, 0.05) is 29.3 Å². The summed E-state index contributed by atoms with van der Waals surface area (Å²) in [6, 6.07) is 6.09. The number of rotatable bonds is 4. The average molecular weight is 601 g/mol. The van der Waals surface area contributed by atoms with Crippen LogP contribution in [0.1, 0.15) is 59.2 Å². The molecular weight excluding hydrogens is 573 g/mol. The van der Waals surface area contributed by atoms with Crippen molar-refractivity contribution in [1.29, 1.82) is 0 Å². The predicted molar refractivity (Wildman–Crippen MR) is 135 cm³/mol. The lowest BCUT2D eigenvalue weighted by atomic mass is 9.80. The van der Waals surface area contributed by atoms with Gasteiger partial charge in [0.05, 0.1) is 17.7 Å². The number of carbonyl (C=O) groups excluding carboxylic acids is 1. The number of amides is 1. The summed E-state index contributed by atoms with van der Waals surface area (Å²) in [5.74, 6) is -3.28. The number of hydrogen-bond acceptors (Lipinski definition) is 4. The van der Waals surface area contributed by atoms with Gasteiger partial charge >= 0.3 is 18.3 Å². The van der Waals surface area contributed by atoms with Gasteiger partial charge in [-0.1, -0.05) is 13.0 Å². The van der Waals surface area contributed by atoms with Crippen molar-refractivity contribution < 1.29 is 50.2 Å². The van der Waals surface area contributed by atoms with E-state index in [1.165, 1.54) is 12.1 Å². The first-order valence-corrected chi connectivity index (χ1v) is 13.3. The van der Waals surface area contributed by atoms with Gasteiger partial charge in [-0.25, -0.2) is 9.18 Å². The van der Waals surface area contributed by atoms with Crippen molar-refractivity contribution in [3.05, 3.63) is 75.6 Å². The number of carboxylic acid groups (broad SMARTS) is 1. The minimum atomic E-state index is -4.77. The number of nitrogens with zero attached hydrogens (tertiary/aromatic N) is 2. The zero-order valence-electron chi connectivity index (χ0n) is 22.4. The predicted octanol–water partition coefficient (Wildman–Crippen LogP) is 6.37. The molecule has 1 aliphatic carbocycles. The zero-order valence-corrected chi connectivity index (χ0v) is 22.4. The fourth-order valence-corrected chi connectivity index (χ4v) is 6.23. The van der Waals surface area contributed by atoms with Crippen LogP contribution in [-0.2, 0) is 17.5 Å². The van der Waals surface area contributed by atoms with E-state index in [2.05, 4.69) is 0 Å². The molecule has 0 spiro atoms. The molecule has 2 aliphatic heterocycles. The van der Waals surface area contributed by atoms with Gasteiger partial charge in [-0.2, -0.15) is 26.3 Å². The number of likely N-dealkylation sites (tertiary alicyclic amines) is 1. The van der Waals surface area contributed by atoms with Gasteiger partial charge in [-0.3, -0.25) is 9.69 Å². The van der Waals surface area contributed by atoms with E-state index in [0.717, 1.165) is 29.2 Å². The molecule has 1 saturated heterocycles. The molecule has 42 heavy (non-hydrogen) atoms. The van der Waals surface area contributed by atoms with E-state index in [9.17, 15) is 45.4 Å². The number of halogens is 7. The molecular formula is C29H27F7N2O4. The number of alkyl halides is 6. The highest BCUT2D eigenvalue weighted by Crippen LogP contribution is 2.44. The Morgan fingerprint density at radius 3 is 2.38 bits per heavy atom. The Hall–Kier alpha value is -3.61. The van der Waals surface area contributed by atoms with Crippen LogP contribution in [0, 0.1) is 11.7 Å². The third-order valence-corrected chi connectivity index (χ3v) is 8.36. The fraction of sp³-hybridized carbons (Fsp3) is 0.448. The molecule has 2 aromatic carbocycles. The topological polar surface area (TPSA) is 70.1 Å². The van der Waals surface area contributed by atoms with Crippen molar-refractivity contribution in [3.63, 3.8) is 0 Å². The number of hydrogen-bond donors (Lipinski definition) is 1. The number of fused-ring (bicyclic) bond motifs is 1. The average Bonchev–Trinajstić information content (AvgIpc) is 3.38. The second-order valence-corrected chi connectivity index (χ2v) is 11.0. The molecule has 6 nitrogen and oxygen atoms in total. The van der Waals surface area contributed by atoms with E-state index in [-0.39, 0.29) is 36.1 Å². The Bertz CT molecular complexity index is 1440. The van der Waals surface area contributed by atoms with E-state index in [0.29, 0.717) is 25.1 Å². The Balaban J connectivity index is 1.31. The Labute approximate surface area is 236 Å². The molecule has 0 aromatic heterocycles. The van der Waals surface area contributed by atoms with E-state index < -0.39 is 71.5 Å². The van der Waals surface area contributed by atoms with Gasteiger partial charge in [-0.05, 0) is 73.5 Å². The molecule has 1 amide bonds. The summed E-state index contributed by atoms with van der Waals surface area (Å²) in [7, 11) is 0. The van der Waals surface area contributed by atoms with Gasteiger partial charge in [0.2, 0.25) is 0 Å². The molecule has 13 heteroatoms. The van der Waals surface area contributed by atoms with Crippen LogP contribution in [0.25, 0.3) is 0 Å². The molecule has 5 rings (SSSR count). The van der Waals surface area contributed by atoms with Crippen LogP contribution in [0.15, 0.2) is 47.5 Å². The standard InChI is InChI=1S/C29H27F7N2O4/c1-15-12-37(7-6-20(15)16-2-4-24(30)22(9-16)27(40)41)19-10-21(23(11-19)29(34,35)36)26(39)38-13-17-8-18(28(31,32)33)3-5-25(17)42-14-38/h2-5,8-9,15,19-20H,6-7,10-14H2,1H3,(H,40,41)/t15?,19-,20?/m0/s1. The van der Waals surface area contributed by atoms with E-state index >= 15 is 0 Å². The highest BCUT2D eigenvalue weighted by molar-refractivity contribution is 5.95. The normalized spacial score (nSPS) is 23.5. The van der Waals surface area contributed by atoms with Crippen molar-refractivity contribution >= 4 is 11.9 Å². The van der Waals surface area contributed by atoms with Crippen LogP contribution in [0.5, 0.6) is 5.75 Å². The first-order chi connectivity index (χ1) is 19.6. The smallest absolute Gasteiger partial charge is 0.416 e. The van der Waals surface area contributed by atoms with Crippen molar-refractivity contribution in [1.82, 2.24) is 9.80 Å². The van der Waals surface area contributed by atoms with Crippen LogP contribution < -0.4 is 4.74 Å². The quantitative estimate of drug-likeness (QED) is 0.414. The Morgan fingerprint density at radius 1 is 1.00 bits per heavy atom. The van der Waals surface area contributed by atoms with Crippen LogP contribution in [0.3, 0.4) is 0 Å². The fourth-order valence-electron chi connectivity index (χ4n) is 6.23. The molecule has 2 unspecified atom stereocenters. The summed E-state index contributed by atoms with van der Waals surface area (Å²) >= 11 is 0. The summed E-state index contributed by atoms with van der Waals surface area (Å²) in [5.41, 5.74) is -2.09. The van der Waals surface area contributed by atoms with E-state index in [1.807, 2.05) is 11.8 Å². The lowest BCUT2D eigenvalue weighted by molar-refractivity contribution is -0.137. The highest BCUT2D eigenvalue weighted by atomic mass is 19.4. The lowest BCUT2D eigenvalue weighted by Crippen LogP contribution is -2.44. The molecule has 0 saturated carbocycles. The first kappa shape index (κ1) is 29.9. The molecule has 0 bridgehead atoms. The van der Waals surface area contributed by atoms with E-state index in [4.69, 9.17) is 4.74 Å². The molecule has 226 valence electrons. The third kappa shape index (κ3) is 5.83. The number of carbonyl (C=O) groups is 2. The molecule has 0 radical (unpaired) electrons. The molecule has 3 atom stereocenters. The zero-order chi connectivity index (χ0) is 30.6. The van der Waals surface area contributed by atoms with Crippen LogP contribution >= 0.6 is 0 Å². The second-order valence-electron chi connectivity index (χ2n) is 11.0. The molecule has 2 aromatic rings. The number of carboxylic acids is 1. The van der Waals surface area contributed by atoms with E-state index in [1.54, 1.807) is 0 Å². The number of ether oxygens (including phenoxy) is 1. The summed E-state index contributed by atoms with van der Waals surface area (Å²) in [4.78, 5) is 27.6. The summed E-state index contributed by atoms with van der Waals surface area (Å²) in [5, 5.41) is 9.26. The first-order valence-electron chi connectivity index (χ1n) is 13.3. The Kier molecular flexibility index (Phi) is 7.75. The number of aromatic carboxylic acids is 1. The monoisotopic (exact) mass is 600 g/mol.